The molecule has 5 heteroatoms. The van der Waals surface area contributed by atoms with Gasteiger partial charge in [-0.1, -0.05) is 17.7 Å². The van der Waals surface area contributed by atoms with Crippen molar-refractivity contribution in [2.75, 3.05) is 19.3 Å². The maximum atomic E-state index is 11.9. The van der Waals surface area contributed by atoms with Gasteiger partial charge in [-0.15, -0.1) is 11.8 Å². The Bertz CT molecular complexity index is 488. The van der Waals surface area contributed by atoms with Crippen LogP contribution in [0.3, 0.4) is 0 Å². The number of amides is 1. The van der Waals surface area contributed by atoms with Crippen LogP contribution >= 0.6 is 11.8 Å². The van der Waals surface area contributed by atoms with Gasteiger partial charge in [0.2, 0.25) is 5.91 Å². The lowest BCUT2D eigenvalue weighted by Crippen LogP contribution is -2.29. The number of rotatable bonds is 7. The number of nitrogens with zero attached hydrogens (tertiary/aromatic N) is 1. The van der Waals surface area contributed by atoms with E-state index in [-0.39, 0.29) is 12.3 Å². The molecule has 4 nitrogen and oxygen atoms in total. The van der Waals surface area contributed by atoms with Crippen LogP contribution in [0.25, 0.3) is 0 Å². The van der Waals surface area contributed by atoms with Crippen molar-refractivity contribution in [3.05, 3.63) is 29.3 Å². The Morgan fingerprint density at radius 2 is 2.00 bits per heavy atom. The molecule has 0 unspecified atom stereocenters. The molecule has 1 N–H and O–H groups in total. The molecule has 20 heavy (non-hydrogen) atoms. The van der Waals surface area contributed by atoms with Crippen molar-refractivity contribution >= 4 is 23.6 Å². The number of carboxylic acids is 1. The summed E-state index contributed by atoms with van der Waals surface area (Å²) in [4.78, 5) is 25.1. The molecule has 0 saturated heterocycles. The Hall–Kier alpha value is -1.49. The number of benzene rings is 1. The van der Waals surface area contributed by atoms with E-state index in [9.17, 15) is 9.59 Å². The van der Waals surface area contributed by atoms with E-state index in [0.29, 0.717) is 18.7 Å². The first-order valence-electron chi connectivity index (χ1n) is 6.56. The summed E-state index contributed by atoms with van der Waals surface area (Å²) in [6, 6.07) is 6.17. The van der Waals surface area contributed by atoms with Gasteiger partial charge in [0.25, 0.3) is 0 Å². The second kappa shape index (κ2) is 7.94. The second-order valence-electron chi connectivity index (χ2n) is 4.87. The summed E-state index contributed by atoms with van der Waals surface area (Å²) < 4.78 is 0. The van der Waals surface area contributed by atoms with E-state index in [2.05, 4.69) is 6.07 Å². The van der Waals surface area contributed by atoms with Gasteiger partial charge < -0.3 is 10.0 Å². The quantitative estimate of drug-likeness (QED) is 0.786. The second-order valence-corrected chi connectivity index (χ2v) is 5.89. The first-order chi connectivity index (χ1) is 9.40. The number of aliphatic carboxylic acids is 1. The van der Waals surface area contributed by atoms with Crippen LogP contribution in [0.15, 0.2) is 23.1 Å². The Balaban J connectivity index is 2.40. The first kappa shape index (κ1) is 16.6. The lowest BCUT2D eigenvalue weighted by atomic mass is 10.2. The molecular formula is C15H21NO3S. The van der Waals surface area contributed by atoms with Crippen molar-refractivity contribution in [3.8, 4) is 0 Å². The number of carbonyl (C=O) groups excluding carboxylic acids is 1. The minimum atomic E-state index is -0.824. The number of aryl methyl sites for hydroxylation is 2. The molecule has 1 rings (SSSR count). The molecule has 0 fully saturated rings. The van der Waals surface area contributed by atoms with Crippen LogP contribution in [0.5, 0.6) is 0 Å². The molecule has 0 bridgehead atoms. The zero-order valence-corrected chi connectivity index (χ0v) is 13.0. The zero-order valence-electron chi connectivity index (χ0n) is 12.2. The van der Waals surface area contributed by atoms with Crippen LogP contribution in [-0.2, 0) is 9.59 Å². The van der Waals surface area contributed by atoms with Gasteiger partial charge in [0.15, 0.2) is 0 Å². The SMILES string of the molecule is Cc1ccc(SCC(=O)N(C)CCCC(=O)O)c(C)c1. The molecule has 110 valence electrons. The van der Waals surface area contributed by atoms with E-state index in [1.165, 1.54) is 22.9 Å². The first-order valence-corrected chi connectivity index (χ1v) is 7.54. The maximum Gasteiger partial charge on any atom is 0.303 e. The summed E-state index contributed by atoms with van der Waals surface area (Å²) in [6.07, 6.45) is 0.591. The highest BCUT2D eigenvalue weighted by Crippen LogP contribution is 2.23. The summed E-state index contributed by atoms with van der Waals surface area (Å²) in [5, 5.41) is 8.56. The summed E-state index contributed by atoms with van der Waals surface area (Å²) in [5.74, 6) is -0.413. The molecule has 0 aromatic heterocycles. The van der Waals surface area contributed by atoms with E-state index in [4.69, 9.17) is 5.11 Å². The van der Waals surface area contributed by atoms with Gasteiger partial charge in [-0.3, -0.25) is 9.59 Å². The van der Waals surface area contributed by atoms with Gasteiger partial charge in [-0.2, -0.15) is 0 Å². The lowest BCUT2D eigenvalue weighted by Gasteiger charge is -2.16. The Labute approximate surface area is 124 Å². The van der Waals surface area contributed by atoms with Gasteiger partial charge in [0, 0.05) is 24.9 Å². The van der Waals surface area contributed by atoms with Crippen LogP contribution in [0.1, 0.15) is 24.0 Å². The molecule has 1 amide bonds. The van der Waals surface area contributed by atoms with E-state index in [1.807, 2.05) is 26.0 Å². The van der Waals surface area contributed by atoms with Gasteiger partial charge in [0.05, 0.1) is 5.75 Å². The van der Waals surface area contributed by atoms with Gasteiger partial charge in [-0.05, 0) is 31.9 Å². The monoisotopic (exact) mass is 295 g/mol. The maximum absolute atomic E-state index is 11.9. The van der Waals surface area contributed by atoms with Crippen molar-refractivity contribution in [2.45, 2.75) is 31.6 Å². The third-order valence-electron chi connectivity index (χ3n) is 2.99. The van der Waals surface area contributed by atoms with Crippen LogP contribution in [-0.4, -0.2) is 41.2 Å². The molecule has 1 aromatic carbocycles. The minimum absolute atomic E-state index is 0.0281. The third kappa shape index (κ3) is 5.65. The molecular weight excluding hydrogens is 274 g/mol. The Morgan fingerprint density at radius 1 is 1.30 bits per heavy atom. The average molecular weight is 295 g/mol. The standard InChI is InChI=1S/C15H21NO3S/c1-11-6-7-13(12(2)9-11)20-10-14(17)16(3)8-4-5-15(18)19/h6-7,9H,4-5,8,10H2,1-3H3,(H,18,19). The third-order valence-corrected chi connectivity index (χ3v) is 4.15. The normalized spacial score (nSPS) is 10.3. The van der Waals surface area contributed by atoms with Crippen molar-refractivity contribution in [1.29, 1.82) is 0 Å². The molecule has 1 aromatic rings. The van der Waals surface area contributed by atoms with E-state index in [1.54, 1.807) is 11.9 Å². The van der Waals surface area contributed by atoms with Gasteiger partial charge in [-0.25, -0.2) is 0 Å². The van der Waals surface area contributed by atoms with E-state index < -0.39 is 5.97 Å². The largest absolute Gasteiger partial charge is 0.481 e. The fraction of sp³-hybridized carbons (Fsp3) is 0.467. The number of carbonyl (C=O) groups is 2. The number of thioether (sulfide) groups is 1. The summed E-state index contributed by atoms with van der Waals surface area (Å²) >= 11 is 1.52. The van der Waals surface area contributed by atoms with Crippen molar-refractivity contribution in [2.24, 2.45) is 0 Å². The minimum Gasteiger partial charge on any atom is -0.481 e. The van der Waals surface area contributed by atoms with Crippen molar-refractivity contribution in [3.63, 3.8) is 0 Å². The van der Waals surface area contributed by atoms with Crippen LogP contribution in [0, 0.1) is 13.8 Å². The molecule has 0 aliphatic carbocycles. The molecule has 0 saturated carbocycles. The molecule has 0 radical (unpaired) electrons. The molecule has 0 spiro atoms. The Kier molecular flexibility index (Phi) is 6.58. The van der Waals surface area contributed by atoms with Crippen molar-refractivity contribution < 1.29 is 14.7 Å². The smallest absolute Gasteiger partial charge is 0.303 e. The van der Waals surface area contributed by atoms with Crippen LogP contribution in [0.2, 0.25) is 0 Å². The van der Waals surface area contributed by atoms with Gasteiger partial charge in [0.1, 0.15) is 0 Å². The molecule has 0 heterocycles. The molecule has 0 aliphatic heterocycles. The predicted octanol–water partition coefficient (Wildman–Crippen LogP) is 2.72. The van der Waals surface area contributed by atoms with E-state index in [0.717, 1.165) is 4.90 Å². The lowest BCUT2D eigenvalue weighted by molar-refractivity contribution is -0.137. The van der Waals surface area contributed by atoms with E-state index >= 15 is 0 Å². The fourth-order valence-electron chi connectivity index (χ4n) is 1.80. The van der Waals surface area contributed by atoms with Crippen LogP contribution in [0.4, 0.5) is 0 Å². The number of hydrogen-bond donors (Lipinski definition) is 1. The summed E-state index contributed by atoms with van der Waals surface area (Å²) in [5.41, 5.74) is 2.39. The highest BCUT2D eigenvalue weighted by Gasteiger charge is 2.10. The highest BCUT2D eigenvalue weighted by atomic mass is 32.2. The zero-order chi connectivity index (χ0) is 15.1. The highest BCUT2D eigenvalue weighted by molar-refractivity contribution is 8.00. The summed E-state index contributed by atoms with van der Waals surface area (Å²) in [7, 11) is 1.72. The summed E-state index contributed by atoms with van der Waals surface area (Å²) in [6.45, 7) is 4.57. The Morgan fingerprint density at radius 3 is 2.60 bits per heavy atom. The topological polar surface area (TPSA) is 57.6 Å². The fourth-order valence-corrected chi connectivity index (χ4v) is 2.75. The number of hydrogen-bond acceptors (Lipinski definition) is 3. The van der Waals surface area contributed by atoms with Crippen LogP contribution < -0.4 is 0 Å². The van der Waals surface area contributed by atoms with Crippen molar-refractivity contribution in [1.82, 2.24) is 4.90 Å². The molecule has 0 aliphatic rings. The predicted molar refractivity (Wildman–Crippen MR) is 81.1 cm³/mol. The molecule has 0 atom stereocenters. The van der Waals surface area contributed by atoms with Gasteiger partial charge >= 0.3 is 5.97 Å². The average Bonchev–Trinajstić information content (AvgIpc) is 2.36. The number of carboxylic acid groups (broad SMARTS) is 1.